The molecule has 0 amide bonds. The summed E-state index contributed by atoms with van der Waals surface area (Å²) in [7, 11) is -3.75. The van der Waals surface area contributed by atoms with Crippen molar-refractivity contribution in [3.05, 3.63) is 52.6 Å². The maximum absolute atomic E-state index is 12.6. The highest BCUT2D eigenvalue weighted by molar-refractivity contribution is 7.89. The SMILES string of the molecule is O=c1[nH]c2cc(S(=O)(=O)NCc3ccnc(N4CCOCC4)c3)ccc2o1. The van der Waals surface area contributed by atoms with Gasteiger partial charge in [0.2, 0.25) is 10.0 Å². The summed E-state index contributed by atoms with van der Waals surface area (Å²) in [6, 6.07) is 7.85. The first-order valence-electron chi connectivity index (χ1n) is 8.41. The van der Waals surface area contributed by atoms with Crippen LogP contribution in [0.25, 0.3) is 11.1 Å². The summed E-state index contributed by atoms with van der Waals surface area (Å²) in [6.07, 6.45) is 1.66. The Balaban J connectivity index is 1.50. The Morgan fingerprint density at radius 1 is 1.19 bits per heavy atom. The van der Waals surface area contributed by atoms with E-state index in [1.807, 2.05) is 6.07 Å². The molecule has 1 aliphatic rings. The minimum Gasteiger partial charge on any atom is -0.408 e. The van der Waals surface area contributed by atoms with Crippen LogP contribution in [0.15, 0.2) is 50.6 Å². The van der Waals surface area contributed by atoms with E-state index in [0.29, 0.717) is 24.3 Å². The number of morpholine rings is 1. The van der Waals surface area contributed by atoms with Gasteiger partial charge in [-0.05, 0) is 35.9 Å². The van der Waals surface area contributed by atoms with Crippen molar-refractivity contribution < 1.29 is 17.6 Å². The topological polar surface area (TPSA) is 118 Å². The first-order valence-corrected chi connectivity index (χ1v) is 9.90. The van der Waals surface area contributed by atoms with Crippen LogP contribution < -0.4 is 15.4 Å². The van der Waals surface area contributed by atoms with Crippen molar-refractivity contribution in [2.75, 3.05) is 31.2 Å². The average Bonchev–Trinajstić information content (AvgIpc) is 3.06. The van der Waals surface area contributed by atoms with E-state index in [9.17, 15) is 13.2 Å². The average molecular weight is 390 g/mol. The largest absolute Gasteiger partial charge is 0.417 e. The molecular weight excluding hydrogens is 372 g/mol. The number of ether oxygens (including phenoxy) is 1. The quantitative estimate of drug-likeness (QED) is 0.662. The molecule has 1 saturated heterocycles. The molecule has 1 fully saturated rings. The molecule has 27 heavy (non-hydrogen) atoms. The number of nitrogens with zero attached hydrogens (tertiary/aromatic N) is 2. The molecule has 2 aromatic heterocycles. The smallest absolute Gasteiger partial charge is 0.408 e. The predicted octanol–water partition coefficient (Wildman–Crippen LogP) is 0.831. The highest BCUT2D eigenvalue weighted by Gasteiger charge is 2.17. The fourth-order valence-corrected chi connectivity index (χ4v) is 3.94. The van der Waals surface area contributed by atoms with E-state index in [4.69, 9.17) is 9.15 Å². The van der Waals surface area contributed by atoms with E-state index in [1.54, 1.807) is 12.3 Å². The molecule has 10 heteroatoms. The summed E-state index contributed by atoms with van der Waals surface area (Å²) in [5.74, 6) is 0.173. The van der Waals surface area contributed by atoms with Crippen molar-refractivity contribution in [1.29, 1.82) is 0 Å². The summed E-state index contributed by atoms with van der Waals surface area (Å²) < 4.78 is 37.9. The van der Waals surface area contributed by atoms with E-state index in [0.717, 1.165) is 24.5 Å². The monoisotopic (exact) mass is 390 g/mol. The molecule has 3 heterocycles. The molecule has 0 saturated carbocycles. The van der Waals surface area contributed by atoms with Crippen LogP contribution in [0.2, 0.25) is 0 Å². The number of rotatable bonds is 5. The second-order valence-corrected chi connectivity index (χ2v) is 7.89. The number of hydrogen-bond acceptors (Lipinski definition) is 7. The summed E-state index contributed by atoms with van der Waals surface area (Å²) in [5.41, 5.74) is 1.44. The number of benzene rings is 1. The lowest BCUT2D eigenvalue weighted by Crippen LogP contribution is -2.36. The van der Waals surface area contributed by atoms with Gasteiger partial charge in [-0.25, -0.2) is 22.9 Å². The number of pyridine rings is 1. The third kappa shape index (κ3) is 3.87. The van der Waals surface area contributed by atoms with Crippen molar-refractivity contribution in [3.63, 3.8) is 0 Å². The molecule has 3 aromatic rings. The first-order chi connectivity index (χ1) is 13.0. The van der Waals surface area contributed by atoms with Crippen molar-refractivity contribution in [1.82, 2.24) is 14.7 Å². The van der Waals surface area contributed by atoms with Gasteiger partial charge in [0.25, 0.3) is 0 Å². The lowest BCUT2D eigenvalue weighted by Gasteiger charge is -2.28. The van der Waals surface area contributed by atoms with Gasteiger partial charge in [-0.1, -0.05) is 0 Å². The van der Waals surface area contributed by atoms with Crippen molar-refractivity contribution in [2.24, 2.45) is 0 Å². The minimum absolute atomic E-state index is 0.0505. The number of oxazole rings is 1. The van der Waals surface area contributed by atoms with E-state index in [-0.39, 0.29) is 11.4 Å². The zero-order chi connectivity index (χ0) is 18.9. The lowest BCUT2D eigenvalue weighted by molar-refractivity contribution is 0.122. The number of fused-ring (bicyclic) bond motifs is 1. The van der Waals surface area contributed by atoms with Crippen LogP contribution in [0.5, 0.6) is 0 Å². The summed E-state index contributed by atoms with van der Waals surface area (Å²) in [6.45, 7) is 2.94. The van der Waals surface area contributed by atoms with Crippen LogP contribution in [-0.4, -0.2) is 44.7 Å². The van der Waals surface area contributed by atoms with Gasteiger partial charge in [0.1, 0.15) is 5.82 Å². The molecular formula is C17H18N4O5S. The van der Waals surface area contributed by atoms with E-state index >= 15 is 0 Å². The molecule has 0 unspecified atom stereocenters. The van der Waals surface area contributed by atoms with Gasteiger partial charge < -0.3 is 14.1 Å². The van der Waals surface area contributed by atoms with Crippen molar-refractivity contribution in [2.45, 2.75) is 11.4 Å². The third-order valence-corrected chi connectivity index (χ3v) is 5.71. The van der Waals surface area contributed by atoms with Gasteiger partial charge in [0.15, 0.2) is 5.58 Å². The maximum atomic E-state index is 12.6. The Hall–Kier alpha value is -2.69. The standard InChI is InChI=1S/C17H18N4O5S/c22-17-20-14-10-13(1-2-15(14)26-17)27(23,24)19-11-12-3-4-18-16(9-12)21-5-7-25-8-6-21/h1-4,9-10,19H,5-8,11H2,(H,20,22). The number of hydrogen-bond donors (Lipinski definition) is 2. The fraction of sp³-hybridized carbons (Fsp3) is 0.294. The van der Waals surface area contributed by atoms with Crippen LogP contribution in [0.4, 0.5) is 5.82 Å². The van der Waals surface area contributed by atoms with E-state index < -0.39 is 15.8 Å². The van der Waals surface area contributed by atoms with E-state index in [1.165, 1.54) is 18.2 Å². The predicted molar refractivity (Wildman–Crippen MR) is 98.1 cm³/mol. The molecule has 0 atom stereocenters. The van der Waals surface area contributed by atoms with Gasteiger partial charge >= 0.3 is 5.76 Å². The number of nitrogens with one attached hydrogen (secondary N) is 2. The van der Waals surface area contributed by atoms with Gasteiger partial charge in [-0.2, -0.15) is 0 Å². The number of sulfonamides is 1. The fourth-order valence-electron chi connectivity index (χ4n) is 2.90. The molecule has 1 aromatic carbocycles. The van der Waals surface area contributed by atoms with Crippen LogP contribution in [0.1, 0.15) is 5.56 Å². The van der Waals surface area contributed by atoms with Crippen molar-refractivity contribution >= 4 is 26.9 Å². The lowest BCUT2D eigenvalue weighted by atomic mass is 10.2. The van der Waals surface area contributed by atoms with Crippen LogP contribution in [0.3, 0.4) is 0 Å². The third-order valence-electron chi connectivity index (χ3n) is 4.31. The number of aromatic amines is 1. The molecule has 0 bridgehead atoms. The number of H-pyrrole nitrogens is 1. The molecule has 9 nitrogen and oxygen atoms in total. The maximum Gasteiger partial charge on any atom is 0.417 e. The van der Waals surface area contributed by atoms with Gasteiger partial charge in [0.05, 0.1) is 23.6 Å². The molecule has 2 N–H and O–H groups in total. The van der Waals surface area contributed by atoms with Gasteiger partial charge in [-0.3, -0.25) is 4.98 Å². The summed E-state index contributed by atoms with van der Waals surface area (Å²) in [4.78, 5) is 20.2. The minimum atomic E-state index is -3.75. The molecule has 0 aliphatic carbocycles. The molecule has 0 radical (unpaired) electrons. The van der Waals surface area contributed by atoms with Crippen LogP contribution in [0, 0.1) is 0 Å². The second kappa shape index (κ2) is 7.14. The van der Waals surface area contributed by atoms with Crippen LogP contribution >= 0.6 is 0 Å². The molecule has 4 rings (SSSR count). The van der Waals surface area contributed by atoms with Gasteiger partial charge in [0, 0.05) is 25.8 Å². The highest BCUT2D eigenvalue weighted by Crippen LogP contribution is 2.18. The zero-order valence-electron chi connectivity index (χ0n) is 14.3. The number of aromatic nitrogens is 2. The second-order valence-electron chi connectivity index (χ2n) is 6.12. The van der Waals surface area contributed by atoms with Crippen LogP contribution in [-0.2, 0) is 21.3 Å². The summed E-state index contributed by atoms with van der Waals surface area (Å²) in [5, 5.41) is 0. The Bertz CT molecular complexity index is 1120. The number of anilines is 1. The zero-order valence-corrected chi connectivity index (χ0v) is 15.2. The van der Waals surface area contributed by atoms with Gasteiger partial charge in [-0.15, -0.1) is 0 Å². The Kier molecular flexibility index (Phi) is 4.68. The Labute approximate surface area is 155 Å². The van der Waals surface area contributed by atoms with E-state index in [2.05, 4.69) is 19.6 Å². The molecule has 142 valence electrons. The first kappa shape index (κ1) is 17.7. The normalized spacial score (nSPS) is 15.3. The summed E-state index contributed by atoms with van der Waals surface area (Å²) >= 11 is 0. The molecule has 1 aliphatic heterocycles. The van der Waals surface area contributed by atoms with Crippen molar-refractivity contribution in [3.8, 4) is 0 Å². The molecule has 0 spiro atoms. The highest BCUT2D eigenvalue weighted by atomic mass is 32.2. The Morgan fingerprint density at radius 3 is 2.81 bits per heavy atom. The Morgan fingerprint density at radius 2 is 2.00 bits per heavy atom.